The van der Waals surface area contributed by atoms with Crippen molar-refractivity contribution in [3.05, 3.63) is 5.56 Å². The zero-order valence-corrected chi connectivity index (χ0v) is 21.9. The van der Waals surface area contributed by atoms with Crippen LogP contribution in [0.3, 0.4) is 0 Å². The molecular formula is C25H3B14NO. The second-order valence-electron chi connectivity index (χ2n) is 10.1. The minimum Gasteiger partial charge on any atom is -0.457 e. The maximum absolute atomic E-state index is 6.91. The van der Waals surface area contributed by atoms with E-state index in [9.17, 15) is 0 Å². The van der Waals surface area contributed by atoms with Crippen LogP contribution in [-0.2, 0) is 0 Å². The van der Waals surface area contributed by atoms with Crippen molar-refractivity contribution in [2.75, 3.05) is 0 Å². The van der Waals surface area contributed by atoms with E-state index in [-0.39, 0.29) is 104 Å². The molecule has 0 unspecified atom stereocenters. The topological polar surface area (TPSA) is 18.1 Å². The summed E-state index contributed by atoms with van der Waals surface area (Å²) in [5.74, 6) is 0. The highest BCUT2D eigenvalue weighted by Gasteiger charge is 2.27. The Morgan fingerprint density at radius 3 is 1.24 bits per heavy atom. The summed E-state index contributed by atoms with van der Waals surface area (Å²) in [4.78, 5) is 0. The van der Waals surface area contributed by atoms with Gasteiger partial charge in [0.05, 0.1) is 0 Å². The van der Waals surface area contributed by atoms with E-state index in [1.807, 2.05) is 0 Å². The SMILES string of the molecule is [B]c1c(-n2c3c([B])c([B])c([B])c([B])c3c3c([B])c([B])c([B])c([B])c32)c([B])c2c(oc3c([B])c([B])c([B])c(C)c32)c1[B]. The first-order valence-electron chi connectivity index (χ1n) is 12.1. The number of nitrogens with zero attached hydrogens (tertiary/aromatic N) is 1. The van der Waals surface area contributed by atoms with Crippen molar-refractivity contribution in [2.45, 2.75) is 6.92 Å². The van der Waals surface area contributed by atoms with Gasteiger partial charge in [-0.2, -0.15) is 0 Å². The summed E-state index contributed by atoms with van der Waals surface area (Å²) in [5.41, 5.74) is 2.70. The van der Waals surface area contributed by atoms with Crippen molar-refractivity contribution < 1.29 is 4.42 Å². The van der Waals surface area contributed by atoms with Crippen LogP contribution in [0.1, 0.15) is 5.56 Å². The second kappa shape index (κ2) is 9.19. The van der Waals surface area contributed by atoms with Crippen molar-refractivity contribution in [1.29, 1.82) is 0 Å². The zero-order valence-electron chi connectivity index (χ0n) is 21.9. The minimum atomic E-state index is 0.00626. The smallest absolute Gasteiger partial charge is 0.127 e. The second-order valence-corrected chi connectivity index (χ2v) is 10.1. The lowest BCUT2D eigenvalue weighted by molar-refractivity contribution is 0.674. The number of aryl methyl sites for hydroxylation is 1. The number of hydrogen-bond donors (Lipinski definition) is 0. The molecule has 0 N–H and O–H groups in total. The molecule has 2 aromatic heterocycles. The highest BCUT2D eigenvalue weighted by molar-refractivity contribution is 6.72. The van der Waals surface area contributed by atoms with E-state index < -0.39 is 0 Å². The standard InChI is InChI=1S/C25H3B14NO/c1-2-3-6-10(29)23(18(37)20(39)25(6)41-24(3)19(38)11(30)7(2)26)40-21-4(8(27)12(31)14(33)16(21)35)5-9(28)13(32)15(34)17(36)22(5)40/h1H3. The van der Waals surface area contributed by atoms with E-state index >= 15 is 0 Å². The third-order valence-electron chi connectivity index (χ3n) is 8.01. The average molecular weight is 485 g/mol. The van der Waals surface area contributed by atoms with Gasteiger partial charge in [-0.1, -0.05) is 43.7 Å². The Labute approximate surface area is 256 Å². The number of benzene rings is 4. The fourth-order valence-electron chi connectivity index (χ4n) is 5.72. The van der Waals surface area contributed by atoms with Crippen molar-refractivity contribution >= 4 is 230 Å². The Kier molecular flexibility index (Phi) is 6.39. The zero-order chi connectivity index (χ0) is 30.1. The Balaban J connectivity index is 1.99. The van der Waals surface area contributed by atoms with Gasteiger partial charge in [0, 0.05) is 27.5 Å². The molecule has 0 aliphatic rings. The summed E-state index contributed by atoms with van der Waals surface area (Å²) in [7, 11) is 89.9. The Morgan fingerprint density at radius 2 is 0.756 bits per heavy atom. The predicted octanol–water partition coefficient (Wildman–Crippen LogP) is -9.90. The van der Waals surface area contributed by atoms with Gasteiger partial charge in [0.1, 0.15) is 121 Å². The van der Waals surface area contributed by atoms with E-state index in [4.69, 9.17) is 114 Å². The van der Waals surface area contributed by atoms with E-state index in [1.54, 1.807) is 11.5 Å². The molecule has 0 fully saturated rings. The van der Waals surface area contributed by atoms with Crippen molar-refractivity contribution in [3.8, 4) is 5.69 Å². The van der Waals surface area contributed by atoms with Gasteiger partial charge in [-0.05, 0) is 23.3 Å². The molecule has 0 spiro atoms. The lowest BCUT2D eigenvalue weighted by Gasteiger charge is -2.23. The summed E-state index contributed by atoms with van der Waals surface area (Å²) in [5, 5.41) is 1.49. The predicted molar refractivity (Wildman–Crippen MR) is 188 cm³/mol. The first-order valence-corrected chi connectivity index (χ1v) is 12.1. The highest BCUT2D eigenvalue weighted by atomic mass is 16.3. The third-order valence-corrected chi connectivity index (χ3v) is 8.01. The lowest BCUT2D eigenvalue weighted by Crippen LogP contribution is -2.49. The number of furan rings is 1. The van der Waals surface area contributed by atoms with E-state index in [1.165, 1.54) is 0 Å². The molecular weight excluding hydrogens is 482 g/mol. The Hall–Kier alpha value is -2.61. The van der Waals surface area contributed by atoms with Crippen molar-refractivity contribution in [1.82, 2.24) is 4.57 Å². The molecule has 0 bridgehead atoms. The summed E-state index contributed by atoms with van der Waals surface area (Å²) < 4.78 is 7.63. The molecule has 2 nitrogen and oxygen atoms in total. The van der Waals surface area contributed by atoms with Crippen molar-refractivity contribution in [3.63, 3.8) is 0 Å². The molecule has 0 atom stereocenters. The fourth-order valence-corrected chi connectivity index (χ4v) is 5.72. The summed E-state index contributed by atoms with van der Waals surface area (Å²) in [6.45, 7) is 1.75. The lowest BCUT2D eigenvalue weighted by atomic mass is 9.63. The monoisotopic (exact) mass is 487 g/mol. The molecule has 0 saturated heterocycles. The van der Waals surface area contributed by atoms with Gasteiger partial charge in [0.2, 0.25) is 0 Å². The molecule has 6 aromatic rings. The maximum atomic E-state index is 6.91. The molecule has 0 saturated carbocycles. The van der Waals surface area contributed by atoms with Gasteiger partial charge < -0.3 is 8.98 Å². The van der Waals surface area contributed by atoms with Crippen LogP contribution in [0.2, 0.25) is 0 Å². The van der Waals surface area contributed by atoms with Gasteiger partial charge in [0.25, 0.3) is 0 Å². The summed E-state index contributed by atoms with van der Waals surface area (Å²) in [6.07, 6.45) is 0. The third kappa shape index (κ3) is 3.40. The van der Waals surface area contributed by atoms with Crippen LogP contribution in [-0.4, -0.2) is 114 Å². The molecule has 0 amide bonds. The van der Waals surface area contributed by atoms with Gasteiger partial charge in [-0.3, -0.25) is 0 Å². The van der Waals surface area contributed by atoms with Crippen LogP contribution in [0, 0.1) is 6.92 Å². The quantitative estimate of drug-likeness (QED) is 0.212. The van der Waals surface area contributed by atoms with E-state index in [2.05, 4.69) is 0 Å². The summed E-state index contributed by atoms with van der Waals surface area (Å²) in [6, 6.07) is 0. The molecule has 28 radical (unpaired) electrons. The number of fused-ring (bicyclic) bond motifs is 6. The largest absolute Gasteiger partial charge is 0.457 e. The highest BCUT2D eigenvalue weighted by Crippen LogP contribution is 2.30. The van der Waals surface area contributed by atoms with E-state index in [0.717, 1.165) is 0 Å². The molecule has 16 heteroatoms. The average Bonchev–Trinajstić information content (AvgIpc) is 3.52. The Bertz CT molecular complexity index is 2130. The van der Waals surface area contributed by atoms with E-state index in [0.29, 0.717) is 27.1 Å². The van der Waals surface area contributed by atoms with Crippen LogP contribution in [0.4, 0.5) is 0 Å². The van der Waals surface area contributed by atoms with Crippen LogP contribution in [0.5, 0.6) is 0 Å². The van der Waals surface area contributed by atoms with Crippen LogP contribution in [0.15, 0.2) is 4.42 Å². The van der Waals surface area contributed by atoms with Crippen LogP contribution >= 0.6 is 0 Å². The normalized spacial score (nSPS) is 11.9. The first kappa shape index (κ1) is 28.5. The summed E-state index contributed by atoms with van der Waals surface area (Å²) >= 11 is 0. The van der Waals surface area contributed by atoms with Gasteiger partial charge in [-0.15, -0.1) is 32.8 Å². The van der Waals surface area contributed by atoms with Crippen molar-refractivity contribution in [2.24, 2.45) is 0 Å². The van der Waals surface area contributed by atoms with Gasteiger partial charge in [0.15, 0.2) is 0 Å². The van der Waals surface area contributed by atoms with Crippen LogP contribution < -0.4 is 76.5 Å². The van der Waals surface area contributed by atoms with Gasteiger partial charge >= 0.3 is 0 Å². The molecule has 0 aliphatic heterocycles. The maximum Gasteiger partial charge on any atom is 0.127 e. The number of aromatic nitrogens is 1. The molecule has 41 heavy (non-hydrogen) atoms. The fraction of sp³-hybridized carbons (Fsp3) is 0.0400. The number of hydrogen-bond acceptors (Lipinski definition) is 1. The Morgan fingerprint density at radius 1 is 0.366 bits per heavy atom. The first-order chi connectivity index (χ1) is 19.1. The van der Waals surface area contributed by atoms with Gasteiger partial charge in [-0.25, -0.2) is 0 Å². The molecule has 6 rings (SSSR count). The number of rotatable bonds is 1. The molecule has 2 heterocycles. The van der Waals surface area contributed by atoms with Crippen LogP contribution in [0.25, 0.3) is 49.4 Å². The molecule has 4 aromatic carbocycles. The molecule has 156 valence electrons. The molecule has 0 aliphatic carbocycles. The minimum absolute atomic E-state index is 0.00626.